The lowest BCUT2D eigenvalue weighted by Crippen LogP contribution is -2.00. The van der Waals surface area contributed by atoms with Crippen LogP contribution in [-0.4, -0.2) is 5.38 Å². The molecule has 0 amide bonds. The smallest absolute Gasteiger partial charge is 0.127 e. The van der Waals surface area contributed by atoms with Crippen molar-refractivity contribution in [3.05, 3.63) is 34.1 Å². The summed E-state index contributed by atoms with van der Waals surface area (Å²) in [7, 11) is 0. The van der Waals surface area contributed by atoms with Gasteiger partial charge in [-0.05, 0) is 37.0 Å². The van der Waals surface area contributed by atoms with Crippen molar-refractivity contribution >= 4 is 27.5 Å². The molecule has 14 heavy (non-hydrogen) atoms. The monoisotopic (exact) mass is 278 g/mol. The van der Waals surface area contributed by atoms with Crippen molar-refractivity contribution in [1.82, 2.24) is 0 Å². The lowest BCUT2D eigenvalue weighted by atomic mass is 10.1. The van der Waals surface area contributed by atoms with Crippen molar-refractivity contribution in [2.45, 2.75) is 31.6 Å². The number of hydrogen-bond donors (Lipinski definition) is 0. The van der Waals surface area contributed by atoms with E-state index in [0.29, 0.717) is 6.42 Å². The fourth-order valence-electron chi connectivity index (χ4n) is 1.24. The Bertz CT molecular complexity index is 301. The highest BCUT2D eigenvalue weighted by Gasteiger charge is 2.06. The molecule has 1 aromatic carbocycles. The van der Waals surface area contributed by atoms with Gasteiger partial charge in [0.1, 0.15) is 5.82 Å². The molecule has 1 rings (SSSR count). The second-order valence-corrected chi connectivity index (χ2v) is 4.81. The molecule has 1 unspecified atom stereocenters. The van der Waals surface area contributed by atoms with Gasteiger partial charge >= 0.3 is 0 Å². The summed E-state index contributed by atoms with van der Waals surface area (Å²) in [5, 5.41) is 0.151. The van der Waals surface area contributed by atoms with Gasteiger partial charge in [-0.1, -0.05) is 28.9 Å². The van der Waals surface area contributed by atoms with Crippen LogP contribution in [0.15, 0.2) is 22.7 Å². The summed E-state index contributed by atoms with van der Waals surface area (Å²) < 4.78 is 14.1. The molecule has 1 atom stereocenters. The van der Waals surface area contributed by atoms with Crippen LogP contribution in [0.3, 0.4) is 0 Å². The number of aryl methyl sites for hydroxylation is 1. The SMILES string of the molecule is CCC(Cl)CCc1ccc(Br)cc1F. The molecular formula is C11H13BrClF. The summed E-state index contributed by atoms with van der Waals surface area (Å²) in [5.41, 5.74) is 0.743. The summed E-state index contributed by atoms with van der Waals surface area (Å²) in [6.07, 6.45) is 2.47. The predicted molar refractivity (Wildman–Crippen MR) is 62.4 cm³/mol. The van der Waals surface area contributed by atoms with Crippen LogP contribution < -0.4 is 0 Å². The van der Waals surface area contributed by atoms with E-state index in [1.165, 1.54) is 6.07 Å². The van der Waals surface area contributed by atoms with Gasteiger partial charge in [0.2, 0.25) is 0 Å². The molecule has 0 spiro atoms. The third kappa shape index (κ3) is 3.58. The van der Waals surface area contributed by atoms with Crippen LogP contribution in [0, 0.1) is 5.82 Å². The Balaban J connectivity index is 2.59. The van der Waals surface area contributed by atoms with Crippen molar-refractivity contribution in [3.63, 3.8) is 0 Å². The molecule has 0 aliphatic heterocycles. The van der Waals surface area contributed by atoms with E-state index in [0.717, 1.165) is 22.9 Å². The minimum Gasteiger partial charge on any atom is -0.207 e. The first-order valence-electron chi connectivity index (χ1n) is 4.71. The highest BCUT2D eigenvalue weighted by molar-refractivity contribution is 9.10. The summed E-state index contributed by atoms with van der Waals surface area (Å²) in [4.78, 5) is 0. The van der Waals surface area contributed by atoms with E-state index in [9.17, 15) is 4.39 Å². The normalized spacial score (nSPS) is 12.9. The summed E-state index contributed by atoms with van der Waals surface area (Å²) in [5.74, 6) is -0.153. The Morgan fingerprint density at radius 1 is 1.50 bits per heavy atom. The molecule has 3 heteroatoms. The maximum atomic E-state index is 13.3. The molecule has 0 aliphatic rings. The Kier molecular flexibility index (Phi) is 4.90. The maximum absolute atomic E-state index is 13.3. The van der Waals surface area contributed by atoms with Crippen LogP contribution in [0.5, 0.6) is 0 Å². The first-order valence-corrected chi connectivity index (χ1v) is 5.94. The van der Waals surface area contributed by atoms with Gasteiger partial charge in [0.05, 0.1) is 0 Å². The third-order valence-electron chi connectivity index (χ3n) is 2.18. The fourth-order valence-corrected chi connectivity index (χ4v) is 1.68. The quantitative estimate of drug-likeness (QED) is 0.710. The van der Waals surface area contributed by atoms with Crippen molar-refractivity contribution in [1.29, 1.82) is 0 Å². The van der Waals surface area contributed by atoms with E-state index in [2.05, 4.69) is 15.9 Å². The summed E-state index contributed by atoms with van der Waals surface area (Å²) in [6.45, 7) is 2.04. The highest BCUT2D eigenvalue weighted by atomic mass is 79.9. The van der Waals surface area contributed by atoms with Gasteiger partial charge < -0.3 is 0 Å². The molecule has 1 aromatic rings. The Morgan fingerprint density at radius 2 is 2.21 bits per heavy atom. The average molecular weight is 280 g/mol. The zero-order chi connectivity index (χ0) is 10.6. The minimum absolute atomic E-state index is 0.151. The molecule has 0 saturated heterocycles. The van der Waals surface area contributed by atoms with Gasteiger partial charge in [0.25, 0.3) is 0 Å². The Hall–Kier alpha value is -0.0800. The number of benzene rings is 1. The van der Waals surface area contributed by atoms with Crippen LogP contribution in [0.2, 0.25) is 0 Å². The number of rotatable bonds is 4. The molecule has 0 saturated carbocycles. The second kappa shape index (κ2) is 5.72. The fraction of sp³-hybridized carbons (Fsp3) is 0.455. The Labute approximate surface area is 97.6 Å². The van der Waals surface area contributed by atoms with E-state index >= 15 is 0 Å². The predicted octanol–water partition coefficient (Wildman–Crippen LogP) is 4.54. The Morgan fingerprint density at radius 3 is 2.79 bits per heavy atom. The lowest BCUT2D eigenvalue weighted by molar-refractivity contribution is 0.599. The van der Waals surface area contributed by atoms with E-state index in [4.69, 9.17) is 11.6 Å². The van der Waals surface area contributed by atoms with Gasteiger partial charge in [-0.3, -0.25) is 0 Å². The molecule has 0 bridgehead atoms. The maximum Gasteiger partial charge on any atom is 0.127 e. The van der Waals surface area contributed by atoms with Crippen molar-refractivity contribution in [3.8, 4) is 0 Å². The largest absolute Gasteiger partial charge is 0.207 e. The van der Waals surface area contributed by atoms with Crippen LogP contribution in [-0.2, 0) is 6.42 Å². The second-order valence-electron chi connectivity index (χ2n) is 3.28. The van der Waals surface area contributed by atoms with Crippen LogP contribution >= 0.6 is 27.5 Å². The highest BCUT2D eigenvalue weighted by Crippen LogP contribution is 2.18. The molecule has 0 aliphatic carbocycles. The topological polar surface area (TPSA) is 0 Å². The number of halogens is 3. The van der Waals surface area contributed by atoms with Crippen molar-refractivity contribution in [2.24, 2.45) is 0 Å². The molecule has 0 nitrogen and oxygen atoms in total. The van der Waals surface area contributed by atoms with E-state index in [-0.39, 0.29) is 11.2 Å². The molecule has 0 fully saturated rings. The van der Waals surface area contributed by atoms with Crippen LogP contribution in [0.25, 0.3) is 0 Å². The van der Waals surface area contributed by atoms with Crippen LogP contribution in [0.4, 0.5) is 4.39 Å². The molecule has 0 aromatic heterocycles. The molecular weight excluding hydrogens is 266 g/mol. The van der Waals surface area contributed by atoms with E-state index in [1.54, 1.807) is 6.07 Å². The van der Waals surface area contributed by atoms with Gasteiger partial charge in [-0.15, -0.1) is 11.6 Å². The van der Waals surface area contributed by atoms with E-state index < -0.39 is 0 Å². The van der Waals surface area contributed by atoms with Crippen molar-refractivity contribution in [2.75, 3.05) is 0 Å². The van der Waals surface area contributed by atoms with Gasteiger partial charge in [-0.2, -0.15) is 0 Å². The first kappa shape index (κ1) is 12.0. The van der Waals surface area contributed by atoms with Gasteiger partial charge in [0.15, 0.2) is 0 Å². The van der Waals surface area contributed by atoms with Gasteiger partial charge in [0, 0.05) is 9.85 Å². The number of hydrogen-bond acceptors (Lipinski definition) is 0. The van der Waals surface area contributed by atoms with Crippen LogP contribution in [0.1, 0.15) is 25.3 Å². The lowest BCUT2D eigenvalue weighted by Gasteiger charge is -2.07. The molecule has 0 radical (unpaired) electrons. The molecule has 0 heterocycles. The number of alkyl halides is 1. The first-order chi connectivity index (χ1) is 6.63. The zero-order valence-electron chi connectivity index (χ0n) is 8.06. The molecule has 78 valence electrons. The third-order valence-corrected chi connectivity index (χ3v) is 3.21. The zero-order valence-corrected chi connectivity index (χ0v) is 10.4. The van der Waals surface area contributed by atoms with Gasteiger partial charge in [-0.25, -0.2) is 4.39 Å². The summed E-state index contributed by atoms with van der Waals surface area (Å²) in [6, 6.07) is 5.15. The minimum atomic E-state index is -0.153. The average Bonchev–Trinajstić information content (AvgIpc) is 2.16. The standard InChI is InChI=1S/C11H13BrClF/c1-2-10(13)6-4-8-3-5-9(12)7-11(8)14/h3,5,7,10H,2,4,6H2,1H3. The molecule has 0 N–H and O–H groups in total. The summed E-state index contributed by atoms with van der Waals surface area (Å²) >= 11 is 9.19. The van der Waals surface area contributed by atoms with E-state index in [1.807, 2.05) is 13.0 Å². The van der Waals surface area contributed by atoms with Crippen molar-refractivity contribution < 1.29 is 4.39 Å².